The minimum Gasteiger partial charge on any atom is -0.459 e. The van der Waals surface area contributed by atoms with Crippen LogP contribution in [0, 0.1) is 28.6 Å². The van der Waals surface area contributed by atoms with Crippen LogP contribution in [0.1, 0.15) is 72.6 Å². The summed E-state index contributed by atoms with van der Waals surface area (Å²) in [5.41, 5.74) is -1.48. The zero-order valence-electron chi connectivity index (χ0n) is 19.4. The van der Waals surface area contributed by atoms with Gasteiger partial charge in [-0.15, -0.1) is 0 Å². The fourth-order valence-corrected chi connectivity index (χ4v) is 7.67. The third kappa shape index (κ3) is 3.27. The van der Waals surface area contributed by atoms with Crippen molar-refractivity contribution in [3.63, 3.8) is 0 Å². The van der Waals surface area contributed by atoms with Crippen LogP contribution in [0.15, 0.2) is 11.6 Å². The van der Waals surface area contributed by atoms with Crippen molar-refractivity contribution in [2.75, 3.05) is 6.61 Å². The zero-order chi connectivity index (χ0) is 23.5. The predicted molar refractivity (Wildman–Crippen MR) is 114 cm³/mol. The first-order chi connectivity index (χ1) is 14.9. The monoisotopic (exact) mass is 446 g/mol. The highest BCUT2D eigenvalue weighted by molar-refractivity contribution is 5.92. The Morgan fingerprint density at radius 1 is 1.06 bits per heavy atom. The second-order valence-corrected chi connectivity index (χ2v) is 10.7. The molecule has 32 heavy (non-hydrogen) atoms. The van der Waals surface area contributed by atoms with E-state index in [0.29, 0.717) is 25.2 Å². The summed E-state index contributed by atoms with van der Waals surface area (Å²) in [7, 11) is 0. The molecular formula is C25H34O7. The summed E-state index contributed by atoms with van der Waals surface area (Å²) in [6, 6.07) is 0. The number of Topliss-reactive ketones (excluding diaryl/α,β-unsaturated/α-hetero) is 1. The van der Waals surface area contributed by atoms with Gasteiger partial charge >= 0.3 is 11.9 Å². The van der Waals surface area contributed by atoms with Crippen LogP contribution in [0.5, 0.6) is 0 Å². The molecule has 4 aliphatic rings. The van der Waals surface area contributed by atoms with Gasteiger partial charge in [0, 0.05) is 25.7 Å². The van der Waals surface area contributed by atoms with E-state index >= 15 is 0 Å². The molecule has 0 saturated heterocycles. The Kier molecular flexibility index (Phi) is 5.63. The number of carbonyl (C=O) groups excluding carboxylic acids is 4. The van der Waals surface area contributed by atoms with Crippen molar-refractivity contribution < 1.29 is 33.8 Å². The molecule has 3 fully saturated rings. The fourth-order valence-electron chi connectivity index (χ4n) is 7.67. The second kappa shape index (κ2) is 7.79. The van der Waals surface area contributed by atoms with Crippen molar-refractivity contribution in [2.45, 2.75) is 84.3 Å². The van der Waals surface area contributed by atoms with Gasteiger partial charge in [-0.2, -0.15) is 0 Å². The number of esters is 2. The maximum Gasteiger partial charge on any atom is 0.303 e. The summed E-state index contributed by atoms with van der Waals surface area (Å²) >= 11 is 0. The summed E-state index contributed by atoms with van der Waals surface area (Å²) < 4.78 is 10.5. The molecule has 1 N–H and O–H groups in total. The highest BCUT2D eigenvalue weighted by atomic mass is 16.6. The lowest BCUT2D eigenvalue weighted by atomic mass is 9.46. The van der Waals surface area contributed by atoms with Gasteiger partial charge in [0.05, 0.1) is 0 Å². The molecule has 176 valence electrons. The van der Waals surface area contributed by atoms with Crippen LogP contribution in [0.4, 0.5) is 0 Å². The molecular weight excluding hydrogens is 412 g/mol. The Morgan fingerprint density at radius 2 is 1.78 bits per heavy atom. The molecule has 4 aliphatic carbocycles. The Labute approximate surface area is 188 Å². The summed E-state index contributed by atoms with van der Waals surface area (Å²) in [5, 5.41) is 11.9. The molecule has 0 bridgehead atoms. The maximum absolute atomic E-state index is 13.2. The summed E-state index contributed by atoms with van der Waals surface area (Å²) in [6.45, 7) is 6.16. The van der Waals surface area contributed by atoms with Gasteiger partial charge in [0.1, 0.15) is 6.10 Å². The summed E-state index contributed by atoms with van der Waals surface area (Å²) in [5.74, 6) is -0.922. The Morgan fingerprint density at radius 3 is 2.44 bits per heavy atom. The van der Waals surface area contributed by atoms with Crippen molar-refractivity contribution in [1.29, 1.82) is 0 Å². The zero-order valence-corrected chi connectivity index (χ0v) is 19.4. The van der Waals surface area contributed by atoms with Gasteiger partial charge in [0.15, 0.2) is 18.0 Å². The van der Waals surface area contributed by atoms with Crippen LogP contribution in [0.25, 0.3) is 0 Å². The average molecular weight is 447 g/mol. The van der Waals surface area contributed by atoms with Crippen molar-refractivity contribution in [3.8, 4) is 0 Å². The minimum atomic E-state index is -1.90. The molecule has 7 heteroatoms. The normalized spacial score (nSPS) is 42.8. The van der Waals surface area contributed by atoms with E-state index in [1.54, 1.807) is 0 Å². The van der Waals surface area contributed by atoms with Crippen LogP contribution in [0.2, 0.25) is 0 Å². The number of rotatable bonds is 4. The Balaban J connectivity index is 1.70. The van der Waals surface area contributed by atoms with Gasteiger partial charge in [-0.3, -0.25) is 19.2 Å². The topological polar surface area (TPSA) is 107 Å². The van der Waals surface area contributed by atoms with E-state index in [1.165, 1.54) is 19.4 Å². The van der Waals surface area contributed by atoms with E-state index in [-0.39, 0.29) is 23.0 Å². The third-order valence-electron chi connectivity index (χ3n) is 9.30. The van der Waals surface area contributed by atoms with Crippen LogP contribution < -0.4 is 0 Å². The predicted octanol–water partition coefficient (Wildman–Crippen LogP) is 2.92. The lowest BCUT2D eigenvalue weighted by Crippen LogP contribution is -2.61. The highest BCUT2D eigenvalue weighted by Gasteiger charge is 2.71. The molecule has 0 aromatic carbocycles. The Bertz CT molecular complexity index is 891. The van der Waals surface area contributed by atoms with Crippen molar-refractivity contribution in [3.05, 3.63) is 11.6 Å². The molecule has 0 radical (unpaired) electrons. The largest absolute Gasteiger partial charge is 0.459 e. The summed E-state index contributed by atoms with van der Waals surface area (Å²) in [6.07, 6.45) is 5.86. The molecule has 0 spiro atoms. The molecule has 3 unspecified atom stereocenters. The molecule has 0 aromatic heterocycles. The maximum atomic E-state index is 13.2. The van der Waals surface area contributed by atoms with Crippen LogP contribution in [-0.2, 0) is 28.7 Å². The molecule has 7 nitrogen and oxygen atoms in total. The number of fused-ring (bicyclic) bond motifs is 5. The van der Waals surface area contributed by atoms with Gasteiger partial charge in [0.2, 0.25) is 5.78 Å². The number of carbonyl (C=O) groups is 4. The van der Waals surface area contributed by atoms with E-state index in [0.717, 1.165) is 25.7 Å². The van der Waals surface area contributed by atoms with E-state index in [1.807, 2.05) is 13.0 Å². The van der Waals surface area contributed by atoms with Gasteiger partial charge < -0.3 is 14.6 Å². The van der Waals surface area contributed by atoms with Crippen molar-refractivity contribution >= 4 is 23.5 Å². The lowest BCUT2D eigenvalue weighted by molar-refractivity contribution is -0.189. The molecule has 3 saturated carbocycles. The number of allylic oxidation sites excluding steroid dienone is 1. The minimum absolute atomic E-state index is 0.00659. The number of hydrogen-bond donors (Lipinski definition) is 1. The standard InChI is InChI=1S/C25H34O7/c1-14(26)31-13-21(29)25(30)22(32-15(2)27)12-20-18-6-5-16-11-17(28)7-9-23(16,3)19(18)8-10-24(20,25)4/h11,18-20,22,30H,5-10,12-13H2,1-4H3/t18?,19?,20?,22-,23-,24-,25-/m0/s1. The molecule has 7 atom stereocenters. The van der Waals surface area contributed by atoms with Gasteiger partial charge in [-0.1, -0.05) is 19.4 Å². The molecule has 0 amide bonds. The number of ketones is 2. The first kappa shape index (κ1) is 23.1. The number of hydrogen-bond acceptors (Lipinski definition) is 7. The van der Waals surface area contributed by atoms with E-state index in [4.69, 9.17) is 9.47 Å². The van der Waals surface area contributed by atoms with Crippen LogP contribution >= 0.6 is 0 Å². The smallest absolute Gasteiger partial charge is 0.303 e. The first-order valence-electron chi connectivity index (χ1n) is 11.7. The van der Waals surface area contributed by atoms with E-state index < -0.39 is 41.4 Å². The Hall–Kier alpha value is -2.02. The number of aliphatic hydroxyl groups is 1. The summed E-state index contributed by atoms with van der Waals surface area (Å²) in [4.78, 5) is 48.5. The third-order valence-corrected chi connectivity index (χ3v) is 9.30. The van der Waals surface area contributed by atoms with Crippen LogP contribution in [0.3, 0.4) is 0 Å². The van der Waals surface area contributed by atoms with Gasteiger partial charge in [0.25, 0.3) is 0 Å². The first-order valence-corrected chi connectivity index (χ1v) is 11.7. The molecule has 0 heterocycles. The molecule has 0 aromatic rings. The van der Waals surface area contributed by atoms with Crippen molar-refractivity contribution in [1.82, 2.24) is 0 Å². The second-order valence-electron chi connectivity index (χ2n) is 10.7. The SMILES string of the molecule is CC(=O)OCC(=O)[C@]1(O)[C@@H](OC(C)=O)CC2C3CCC4=CC(=O)CC[C@]4(C)C3CC[C@@]21C. The number of ether oxygens (including phenoxy) is 2. The molecule has 4 rings (SSSR count). The van der Waals surface area contributed by atoms with Crippen LogP contribution in [-0.4, -0.2) is 46.9 Å². The van der Waals surface area contributed by atoms with E-state index in [9.17, 15) is 24.3 Å². The fraction of sp³-hybridized carbons (Fsp3) is 0.760. The van der Waals surface area contributed by atoms with Gasteiger partial charge in [-0.25, -0.2) is 0 Å². The quantitative estimate of drug-likeness (QED) is 0.662. The lowest BCUT2D eigenvalue weighted by Gasteiger charge is -2.58. The van der Waals surface area contributed by atoms with E-state index in [2.05, 4.69) is 6.92 Å². The average Bonchev–Trinajstić information content (AvgIpc) is 2.94. The van der Waals surface area contributed by atoms with Gasteiger partial charge in [-0.05, 0) is 67.8 Å². The highest BCUT2D eigenvalue weighted by Crippen LogP contribution is 2.68. The molecule has 0 aliphatic heterocycles. The van der Waals surface area contributed by atoms with Crippen molar-refractivity contribution in [2.24, 2.45) is 28.6 Å².